The number of rotatable bonds is 7. The first kappa shape index (κ1) is 16.3. The van der Waals surface area contributed by atoms with E-state index in [1.807, 2.05) is 44.3 Å². The van der Waals surface area contributed by atoms with Gasteiger partial charge in [0.2, 0.25) is 0 Å². The van der Waals surface area contributed by atoms with E-state index in [0.717, 1.165) is 30.1 Å². The van der Waals surface area contributed by atoms with Gasteiger partial charge in [0.1, 0.15) is 11.6 Å². The highest BCUT2D eigenvalue weighted by Gasteiger charge is 2.06. The summed E-state index contributed by atoms with van der Waals surface area (Å²) in [4.78, 5) is 4.54. The predicted molar refractivity (Wildman–Crippen MR) is 96.6 cm³/mol. The first-order chi connectivity index (χ1) is 11.6. The van der Waals surface area contributed by atoms with Gasteiger partial charge in [-0.05, 0) is 57.4 Å². The van der Waals surface area contributed by atoms with Crippen molar-refractivity contribution >= 4 is 11.5 Å². The summed E-state index contributed by atoms with van der Waals surface area (Å²) in [6, 6.07) is 12.6. The fraction of sp³-hybridized carbons (Fsp3) is 0.368. The highest BCUT2D eigenvalue weighted by Crippen LogP contribution is 2.16. The molecule has 1 N–H and O–H groups in total. The monoisotopic (exact) mass is 324 g/mol. The van der Waals surface area contributed by atoms with E-state index in [1.54, 1.807) is 10.7 Å². The van der Waals surface area contributed by atoms with Crippen molar-refractivity contribution in [2.24, 2.45) is 0 Å². The lowest BCUT2D eigenvalue weighted by Crippen LogP contribution is -2.17. The second-order valence-electron chi connectivity index (χ2n) is 6.34. The fourth-order valence-corrected chi connectivity index (χ4v) is 2.61. The van der Waals surface area contributed by atoms with Crippen molar-refractivity contribution < 1.29 is 4.74 Å². The summed E-state index contributed by atoms with van der Waals surface area (Å²) in [6.45, 7) is 6.26. The highest BCUT2D eigenvalue weighted by atomic mass is 16.5. The maximum Gasteiger partial charge on any atom is 0.157 e. The molecular weight excluding hydrogens is 300 g/mol. The molecule has 5 heteroatoms. The maximum absolute atomic E-state index is 5.67. The minimum atomic E-state index is 0.209. The summed E-state index contributed by atoms with van der Waals surface area (Å²) < 4.78 is 7.44. The number of benzene rings is 1. The molecule has 0 aliphatic carbocycles. The topological polar surface area (TPSA) is 51.5 Å². The van der Waals surface area contributed by atoms with Crippen LogP contribution >= 0.6 is 0 Å². The van der Waals surface area contributed by atoms with Gasteiger partial charge in [-0.2, -0.15) is 5.10 Å². The van der Waals surface area contributed by atoms with Crippen molar-refractivity contribution in [3.8, 4) is 5.75 Å². The van der Waals surface area contributed by atoms with Gasteiger partial charge in [0.15, 0.2) is 5.65 Å². The number of ether oxygens (including phenoxy) is 1. The molecule has 1 aromatic carbocycles. The van der Waals surface area contributed by atoms with E-state index in [1.165, 1.54) is 5.56 Å². The molecular formula is C19H24N4O. The average Bonchev–Trinajstić information content (AvgIpc) is 3.01. The van der Waals surface area contributed by atoms with E-state index in [-0.39, 0.29) is 6.10 Å². The molecule has 0 fully saturated rings. The molecule has 0 spiro atoms. The largest absolute Gasteiger partial charge is 0.491 e. The Morgan fingerprint density at radius 3 is 2.62 bits per heavy atom. The van der Waals surface area contributed by atoms with Crippen molar-refractivity contribution in [2.75, 3.05) is 5.32 Å². The second kappa shape index (κ2) is 7.34. The van der Waals surface area contributed by atoms with E-state index in [4.69, 9.17) is 4.74 Å². The summed E-state index contributed by atoms with van der Waals surface area (Å²) in [5.41, 5.74) is 2.17. The molecule has 0 saturated heterocycles. The van der Waals surface area contributed by atoms with Gasteiger partial charge in [-0.25, -0.2) is 9.50 Å². The first-order valence-electron chi connectivity index (χ1n) is 8.42. The van der Waals surface area contributed by atoms with Gasteiger partial charge in [0.05, 0.1) is 12.3 Å². The minimum absolute atomic E-state index is 0.209. The van der Waals surface area contributed by atoms with Gasteiger partial charge in [0.25, 0.3) is 0 Å². The lowest BCUT2D eigenvalue weighted by molar-refractivity contribution is 0.242. The van der Waals surface area contributed by atoms with Gasteiger partial charge in [-0.1, -0.05) is 12.1 Å². The zero-order valence-corrected chi connectivity index (χ0v) is 14.4. The van der Waals surface area contributed by atoms with Crippen LogP contribution in [-0.2, 0) is 6.42 Å². The second-order valence-corrected chi connectivity index (χ2v) is 6.34. The van der Waals surface area contributed by atoms with Crippen LogP contribution in [0, 0.1) is 0 Å². The van der Waals surface area contributed by atoms with Crippen molar-refractivity contribution in [3.05, 3.63) is 54.4 Å². The van der Waals surface area contributed by atoms with Crippen LogP contribution in [0.1, 0.15) is 32.8 Å². The minimum Gasteiger partial charge on any atom is -0.491 e. The van der Waals surface area contributed by atoms with E-state index in [0.29, 0.717) is 6.04 Å². The zero-order chi connectivity index (χ0) is 16.9. The Balaban J connectivity index is 1.52. The molecule has 2 aromatic heterocycles. The molecule has 1 atom stereocenters. The average molecular weight is 324 g/mol. The number of aryl methyl sites for hydroxylation is 1. The quantitative estimate of drug-likeness (QED) is 0.715. The van der Waals surface area contributed by atoms with Crippen LogP contribution in [0.25, 0.3) is 5.65 Å². The van der Waals surface area contributed by atoms with Crippen LogP contribution in [0.2, 0.25) is 0 Å². The molecule has 5 nitrogen and oxygen atoms in total. The van der Waals surface area contributed by atoms with Gasteiger partial charge in [-0.15, -0.1) is 0 Å². The van der Waals surface area contributed by atoms with Crippen molar-refractivity contribution in [3.63, 3.8) is 0 Å². The number of fused-ring (bicyclic) bond motifs is 1. The Hall–Kier alpha value is -2.56. The summed E-state index contributed by atoms with van der Waals surface area (Å²) in [5, 5.41) is 7.61. The summed E-state index contributed by atoms with van der Waals surface area (Å²) >= 11 is 0. The fourth-order valence-electron chi connectivity index (χ4n) is 2.61. The number of nitrogens with zero attached hydrogens (tertiary/aromatic N) is 3. The molecule has 0 saturated carbocycles. The Kier molecular flexibility index (Phi) is 4.99. The molecule has 3 rings (SSSR count). The summed E-state index contributed by atoms with van der Waals surface area (Å²) in [6.07, 6.45) is 5.94. The number of aromatic nitrogens is 3. The van der Waals surface area contributed by atoms with Gasteiger partial charge in [-0.3, -0.25) is 0 Å². The van der Waals surface area contributed by atoms with E-state index < -0.39 is 0 Å². The third-order valence-electron chi connectivity index (χ3n) is 3.81. The lowest BCUT2D eigenvalue weighted by atomic mass is 10.1. The SMILES string of the molecule is CC(CCc1ccc(OC(C)C)cc1)Nc1ccn2nccc2n1. The number of hydrogen-bond acceptors (Lipinski definition) is 4. The van der Waals surface area contributed by atoms with Crippen LogP contribution in [0.4, 0.5) is 5.82 Å². The highest BCUT2D eigenvalue weighted by molar-refractivity contribution is 5.45. The molecule has 0 radical (unpaired) electrons. The standard InChI is InChI=1S/C19H24N4O/c1-14(2)24-17-8-6-16(7-9-17)5-4-15(3)21-18-11-13-23-19(22-18)10-12-20-23/h6-15H,4-5H2,1-3H3,(H,21,22). The van der Waals surface area contributed by atoms with E-state index in [2.05, 4.69) is 34.5 Å². The number of anilines is 1. The molecule has 24 heavy (non-hydrogen) atoms. The van der Waals surface area contributed by atoms with E-state index in [9.17, 15) is 0 Å². The Bertz CT molecular complexity index is 779. The normalized spacial score (nSPS) is 12.5. The summed E-state index contributed by atoms with van der Waals surface area (Å²) in [7, 11) is 0. The van der Waals surface area contributed by atoms with Gasteiger partial charge >= 0.3 is 0 Å². The van der Waals surface area contributed by atoms with Crippen LogP contribution < -0.4 is 10.1 Å². The molecule has 3 aromatic rings. The van der Waals surface area contributed by atoms with Gasteiger partial charge < -0.3 is 10.1 Å². The lowest BCUT2D eigenvalue weighted by Gasteiger charge is -2.15. The molecule has 0 aliphatic heterocycles. The summed E-state index contributed by atoms with van der Waals surface area (Å²) in [5.74, 6) is 1.81. The predicted octanol–water partition coefficient (Wildman–Crippen LogP) is 3.95. The number of hydrogen-bond donors (Lipinski definition) is 1. The van der Waals surface area contributed by atoms with Crippen LogP contribution in [0.5, 0.6) is 5.75 Å². The Labute approximate surface area is 142 Å². The van der Waals surface area contributed by atoms with Crippen LogP contribution in [0.3, 0.4) is 0 Å². The number of nitrogens with one attached hydrogen (secondary N) is 1. The molecule has 0 aliphatic rings. The smallest absolute Gasteiger partial charge is 0.157 e. The molecule has 0 bridgehead atoms. The van der Waals surface area contributed by atoms with Crippen molar-refractivity contribution in [1.29, 1.82) is 0 Å². The van der Waals surface area contributed by atoms with Crippen molar-refractivity contribution in [2.45, 2.75) is 45.8 Å². The Morgan fingerprint density at radius 1 is 1.08 bits per heavy atom. The first-order valence-corrected chi connectivity index (χ1v) is 8.42. The zero-order valence-electron chi connectivity index (χ0n) is 14.4. The van der Waals surface area contributed by atoms with Crippen molar-refractivity contribution in [1.82, 2.24) is 14.6 Å². The molecule has 126 valence electrons. The maximum atomic E-state index is 5.67. The Morgan fingerprint density at radius 2 is 1.88 bits per heavy atom. The van der Waals surface area contributed by atoms with E-state index >= 15 is 0 Å². The molecule has 2 heterocycles. The van der Waals surface area contributed by atoms with Crippen LogP contribution in [-0.4, -0.2) is 26.7 Å². The van der Waals surface area contributed by atoms with Gasteiger partial charge in [0, 0.05) is 18.3 Å². The third kappa shape index (κ3) is 4.25. The van der Waals surface area contributed by atoms with Crippen LogP contribution in [0.15, 0.2) is 48.8 Å². The molecule has 0 amide bonds. The third-order valence-corrected chi connectivity index (χ3v) is 3.81. The molecule has 1 unspecified atom stereocenters.